The van der Waals surface area contributed by atoms with Gasteiger partial charge in [-0.3, -0.25) is 0 Å². The average Bonchev–Trinajstić information content (AvgIpc) is 2.18. The minimum Gasteiger partial charge on any atom is -0.396 e. The summed E-state index contributed by atoms with van der Waals surface area (Å²) < 4.78 is 0. The van der Waals surface area contributed by atoms with Crippen LogP contribution in [0.5, 0.6) is 0 Å². The first kappa shape index (κ1) is 11.9. The highest BCUT2D eigenvalue weighted by molar-refractivity contribution is 5.36. The van der Waals surface area contributed by atoms with Gasteiger partial charge in [0.15, 0.2) is 0 Å². The van der Waals surface area contributed by atoms with Gasteiger partial charge in [-0.1, -0.05) is 6.92 Å². The Labute approximate surface area is 90.8 Å². The Morgan fingerprint density at radius 1 is 1.53 bits per heavy atom. The third-order valence-electron chi connectivity index (χ3n) is 2.65. The van der Waals surface area contributed by atoms with Crippen molar-refractivity contribution in [2.24, 2.45) is 0 Å². The van der Waals surface area contributed by atoms with E-state index < -0.39 is 0 Å². The maximum Gasteiger partial charge on any atom is 0.130 e. The second kappa shape index (κ2) is 5.07. The molecule has 0 aliphatic carbocycles. The summed E-state index contributed by atoms with van der Waals surface area (Å²) in [6, 6.07) is 1.85. The number of aliphatic hydroxyl groups is 1. The lowest BCUT2D eigenvalue weighted by molar-refractivity contribution is 0.252. The summed E-state index contributed by atoms with van der Waals surface area (Å²) in [5, 5.41) is 12.3. The van der Waals surface area contributed by atoms with E-state index in [9.17, 15) is 0 Å². The monoisotopic (exact) mass is 209 g/mol. The van der Waals surface area contributed by atoms with Gasteiger partial charge in [-0.05, 0) is 32.8 Å². The number of anilines is 1. The quantitative estimate of drug-likeness (QED) is 0.775. The molecule has 1 atom stereocenters. The highest BCUT2D eigenvalue weighted by Gasteiger charge is 2.21. The van der Waals surface area contributed by atoms with Crippen molar-refractivity contribution in [3.05, 3.63) is 18.1 Å². The minimum atomic E-state index is -0.102. The number of hydrogen-bond donors (Lipinski definition) is 2. The maximum absolute atomic E-state index is 8.99. The molecule has 1 unspecified atom stereocenters. The fraction of sp³-hybridized carbons (Fsp3) is 0.636. The smallest absolute Gasteiger partial charge is 0.130 e. The van der Waals surface area contributed by atoms with Crippen LogP contribution in [0.25, 0.3) is 0 Å². The number of aromatic nitrogens is 2. The zero-order valence-electron chi connectivity index (χ0n) is 9.62. The largest absolute Gasteiger partial charge is 0.396 e. The Kier molecular flexibility index (Phi) is 4.03. The van der Waals surface area contributed by atoms with E-state index in [1.807, 2.05) is 13.0 Å². The molecule has 1 rings (SSSR count). The van der Waals surface area contributed by atoms with E-state index in [1.165, 1.54) is 0 Å². The Hall–Kier alpha value is -1.16. The standard InChI is InChI=1S/C11H19N3O/c1-4-11(3,6-8-15)14-10-5-7-12-9(2)13-10/h5,7,15H,4,6,8H2,1-3H3,(H,12,13,14). The Morgan fingerprint density at radius 3 is 2.80 bits per heavy atom. The molecule has 0 aliphatic heterocycles. The average molecular weight is 209 g/mol. The Balaban J connectivity index is 2.74. The van der Waals surface area contributed by atoms with Crippen LogP contribution in [0.2, 0.25) is 0 Å². The highest BCUT2D eigenvalue weighted by Crippen LogP contribution is 2.19. The molecule has 0 amide bonds. The summed E-state index contributed by atoms with van der Waals surface area (Å²) in [6.45, 7) is 6.22. The molecule has 15 heavy (non-hydrogen) atoms. The van der Waals surface area contributed by atoms with Gasteiger partial charge < -0.3 is 10.4 Å². The van der Waals surface area contributed by atoms with Crippen LogP contribution in [0.1, 0.15) is 32.5 Å². The SMILES string of the molecule is CCC(C)(CCO)Nc1ccnc(C)n1. The molecular weight excluding hydrogens is 190 g/mol. The van der Waals surface area contributed by atoms with Crippen LogP contribution in [-0.4, -0.2) is 27.2 Å². The molecule has 1 aromatic rings. The van der Waals surface area contributed by atoms with Gasteiger partial charge in [0.05, 0.1) is 0 Å². The highest BCUT2D eigenvalue weighted by atomic mass is 16.3. The Morgan fingerprint density at radius 2 is 2.27 bits per heavy atom. The number of hydrogen-bond acceptors (Lipinski definition) is 4. The summed E-state index contributed by atoms with van der Waals surface area (Å²) in [4.78, 5) is 8.33. The number of aliphatic hydroxyl groups excluding tert-OH is 1. The fourth-order valence-electron chi connectivity index (χ4n) is 1.41. The molecule has 0 aliphatic rings. The molecule has 84 valence electrons. The van der Waals surface area contributed by atoms with Crippen LogP contribution in [-0.2, 0) is 0 Å². The van der Waals surface area contributed by atoms with Crippen LogP contribution in [0.3, 0.4) is 0 Å². The second-order valence-corrected chi connectivity index (χ2v) is 4.00. The van der Waals surface area contributed by atoms with Crippen LogP contribution >= 0.6 is 0 Å². The number of nitrogens with one attached hydrogen (secondary N) is 1. The fourth-order valence-corrected chi connectivity index (χ4v) is 1.41. The summed E-state index contributed by atoms with van der Waals surface area (Å²) >= 11 is 0. The van der Waals surface area contributed by atoms with Crippen molar-refractivity contribution in [2.45, 2.75) is 39.2 Å². The zero-order chi connectivity index (χ0) is 11.3. The van der Waals surface area contributed by atoms with Crippen molar-refractivity contribution in [3.8, 4) is 0 Å². The van der Waals surface area contributed by atoms with Gasteiger partial charge in [-0.15, -0.1) is 0 Å². The van der Waals surface area contributed by atoms with Crippen LogP contribution < -0.4 is 5.32 Å². The van der Waals surface area contributed by atoms with Gasteiger partial charge in [-0.25, -0.2) is 9.97 Å². The van der Waals surface area contributed by atoms with Crippen molar-refractivity contribution >= 4 is 5.82 Å². The Bertz CT molecular complexity index is 316. The summed E-state index contributed by atoms with van der Waals surface area (Å²) in [5.74, 6) is 1.57. The summed E-state index contributed by atoms with van der Waals surface area (Å²) in [5.41, 5.74) is -0.102. The molecule has 1 heterocycles. The van der Waals surface area contributed by atoms with Crippen molar-refractivity contribution in [2.75, 3.05) is 11.9 Å². The molecular formula is C11H19N3O. The predicted octanol–water partition coefficient (Wildman–Crippen LogP) is 1.75. The van der Waals surface area contributed by atoms with E-state index >= 15 is 0 Å². The zero-order valence-corrected chi connectivity index (χ0v) is 9.62. The van der Waals surface area contributed by atoms with Crippen LogP contribution in [0, 0.1) is 6.92 Å². The van der Waals surface area contributed by atoms with Crippen LogP contribution in [0.4, 0.5) is 5.82 Å². The second-order valence-electron chi connectivity index (χ2n) is 4.00. The van der Waals surface area contributed by atoms with Crippen molar-refractivity contribution in [1.82, 2.24) is 9.97 Å². The molecule has 0 saturated heterocycles. The number of rotatable bonds is 5. The lowest BCUT2D eigenvalue weighted by Crippen LogP contribution is -2.35. The molecule has 0 spiro atoms. The van der Waals surface area contributed by atoms with Gasteiger partial charge in [0.1, 0.15) is 11.6 Å². The topological polar surface area (TPSA) is 58.0 Å². The van der Waals surface area contributed by atoms with Gasteiger partial charge in [0, 0.05) is 18.3 Å². The summed E-state index contributed by atoms with van der Waals surface area (Å²) in [6.07, 6.45) is 3.39. The first-order chi connectivity index (χ1) is 7.09. The van der Waals surface area contributed by atoms with E-state index in [-0.39, 0.29) is 12.1 Å². The number of aryl methyl sites for hydroxylation is 1. The molecule has 0 bridgehead atoms. The molecule has 4 nitrogen and oxygen atoms in total. The van der Waals surface area contributed by atoms with E-state index in [2.05, 4.69) is 29.1 Å². The third kappa shape index (κ3) is 3.47. The van der Waals surface area contributed by atoms with Crippen LogP contribution in [0.15, 0.2) is 12.3 Å². The lowest BCUT2D eigenvalue weighted by Gasteiger charge is -2.29. The first-order valence-corrected chi connectivity index (χ1v) is 5.28. The summed E-state index contributed by atoms with van der Waals surface area (Å²) in [7, 11) is 0. The third-order valence-corrected chi connectivity index (χ3v) is 2.65. The van der Waals surface area contributed by atoms with E-state index in [0.29, 0.717) is 6.42 Å². The molecule has 1 aromatic heterocycles. The van der Waals surface area contributed by atoms with Crippen molar-refractivity contribution in [3.63, 3.8) is 0 Å². The first-order valence-electron chi connectivity index (χ1n) is 5.28. The molecule has 0 fully saturated rings. The predicted molar refractivity (Wildman–Crippen MR) is 60.8 cm³/mol. The number of nitrogens with zero attached hydrogens (tertiary/aromatic N) is 2. The van der Waals surface area contributed by atoms with E-state index in [0.717, 1.165) is 18.1 Å². The normalized spacial score (nSPS) is 14.7. The van der Waals surface area contributed by atoms with Crippen molar-refractivity contribution < 1.29 is 5.11 Å². The van der Waals surface area contributed by atoms with E-state index in [4.69, 9.17) is 5.11 Å². The van der Waals surface area contributed by atoms with E-state index in [1.54, 1.807) is 6.20 Å². The van der Waals surface area contributed by atoms with Gasteiger partial charge in [0.2, 0.25) is 0 Å². The van der Waals surface area contributed by atoms with Gasteiger partial charge in [0.25, 0.3) is 0 Å². The molecule has 0 saturated carbocycles. The van der Waals surface area contributed by atoms with Gasteiger partial charge >= 0.3 is 0 Å². The minimum absolute atomic E-state index is 0.102. The maximum atomic E-state index is 8.99. The molecule has 0 radical (unpaired) electrons. The molecule has 0 aromatic carbocycles. The molecule has 2 N–H and O–H groups in total. The van der Waals surface area contributed by atoms with Gasteiger partial charge in [-0.2, -0.15) is 0 Å². The molecule has 4 heteroatoms. The van der Waals surface area contributed by atoms with Crippen molar-refractivity contribution in [1.29, 1.82) is 0 Å². The lowest BCUT2D eigenvalue weighted by atomic mass is 9.95.